The lowest BCUT2D eigenvalue weighted by atomic mass is 9.93. The van der Waals surface area contributed by atoms with Gasteiger partial charge in [-0.05, 0) is 50.0 Å². The van der Waals surface area contributed by atoms with Gasteiger partial charge in [0.2, 0.25) is 23.6 Å². The van der Waals surface area contributed by atoms with Gasteiger partial charge in [-0.2, -0.15) is 0 Å². The smallest absolute Gasteiger partial charge is 0.243 e. The molecule has 12 nitrogen and oxygen atoms in total. The maximum Gasteiger partial charge on any atom is 0.243 e. The topological polar surface area (TPSA) is 158 Å². The molecule has 2 heterocycles. The van der Waals surface area contributed by atoms with E-state index in [1.165, 1.54) is 0 Å². The summed E-state index contributed by atoms with van der Waals surface area (Å²) in [6.07, 6.45) is 1.68. The van der Waals surface area contributed by atoms with Crippen molar-refractivity contribution in [2.24, 2.45) is 11.8 Å². The van der Waals surface area contributed by atoms with Crippen LogP contribution in [0.25, 0.3) is 0 Å². The van der Waals surface area contributed by atoms with Gasteiger partial charge in [-0.25, -0.2) is 0 Å². The SMILES string of the molecule is CC(C)CC(NC(=O)[C@H](CCc1ccccc1)NC(=O)CN1CCOCC1)C(=O)NCC(=O)N[C@H](CC(C)C)C(=O)C1(C)CO1. The molecule has 4 amide bonds. The molecule has 4 N–H and O–H groups in total. The molecule has 0 aromatic heterocycles. The summed E-state index contributed by atoms with van der Waals surface area (Å²) in [5.74, 6) is -1.73. The highest BCUT2D eigenvalue weighted by atomic mass is 16.6. The van der Waals surface area contributed by atoms with Crippen molar-refractivity contribution in [2.75, 3.05) is 46.0 Å². The lowest BCUT2D eigenvalue weighted by molar-refractivity contribution is -0.134. The predicted molar refractivity (Wildman–Crippen MR) is 169 cm³/mol. The zero-order valence-electron chi connectivity index (χ0n) is 27.4. The molecular weight excluding hydrogens is 578 g/mol. The van der Waals surface area contributed by atoms with Crippen molar-refractivity contribution >= 4 is 29.4 Å². The summed E-state index contributed by atoms with van der Waals surface area (Å²) in [6, 6.07) is 7.16. The third kappa shape index (κ3) is 12.5. The van der Waals surface area contributed by atoms with Gasteiger partial charge in [-0.1, -0.05) is 58.0 Å². The third-order valence-electron chi connectivity index (χ3n) is 7.91. The quantitative estimate of drug-likeness (QED) is 0.175. The second kappa shape index (κ2) is 17.4. The van der Waals surface area contributed by atoms with Crippen molar-refractivity contribution in [3.05, 3.63) is 35.9 Å². The highest BCUT2D eigenvalue weighted by molar-refractivity contribution is 5.97. The first-order valence-corrected chi connectivity index (χ1v) is 16.1. The van der Waals surface area contributed by atoms with E-state index >= 15 is 0 Å². The number of nitrogens with zero attached hydrogens (tertiary/aromatic N) is 1. The minimum Gasteiger partial charge on any atom is -0.379 e. The van der Waals surface area contributed by atoms with Gasteiger partial charge in [0.05, 0.1) is 39.0 Å². The van der Waals surface area contributed by atoms with Gasteiger partial charge in [0.15, 0.2) is 5.78 Å². The van der Waals surface area contributed by atoms with E-state index in [-0.39, 0.29) is 36.6 Å². The van der Waals surface area contributed by atoms with Crippen molar-refractivity contribution in [3.63, 3.8) is 0 Å². The van der Waals surface area contributed by atoms with Crippen LogP contribution < -0.4 is 21.3 Å². The second-order valence-electron chi connectivity index (χ2n) is 13.1. The first-order chi connectivity index (χ1) is 21.4. The Hall–Kier alpha value is -3.35. The molecule has 12 heteroatoms. The number of epoxide rings is 1. The minimum atomic E-state index is -0.924. The third-order valence-corrected chi connectivity index (χ3v) is 7.91. The summed E-state index contributed by atoms with van der Waals surface area (Å²) < 4.78 is 10.6. The van der Waals surface area contributed by atoms with Gasteiger partial charge in [-0.15, -0.1) is 0 Å². The van der Waals surface area contributed by atoms with Crippen LogP contribution >= 0.6 is 0 Å². The highest BCUT2D eigenvalue weighted by Crippen LogP contribution is 2.29. The Bertz CT molecular complexity index is 1150. The molecule has 2 aliphatic rings. The molecular formula is C33H51N5O7. The first kappa shape index (κ1) is 36.1. The molecule has 0 spiro atoms. The largest absolute Gasteiger partial charge is 0.379 e. The Kier molecular flexibility index (Phi) is 13.9. The summed E-state index contributed by atoms with van der Waals surface area (Å²) >= 11 is 0. The van der Waals surface area contributed by atoms with E-state index in [4.69, 9.17) is 9.47 Å². The molecule has 0 saturated carbocycles. The molecule has 1 aromatic rings. The van der Waals surface area contributed by atoms with Crippen LogP contribution in [0.3, 0.4) is 0 Å². The van der Waals surface area contributed by atoms with Crippen LogP contribution in [0.4, 0.5) is 0 Å². The maximum atomic E-state index is 13.6. The number of amides is 4. The number of aryl methyl sites for hydroxylation is 1. The van der Waals surface area contributed by atoms with E-state index in [1.807, 2.05) is 62.9 Å². The van der Waals surface area contributed by atoms with Gasteiger partial charge in [0.1, 0.15) is 17.7 Å². The number of morpholine rings is 1. The summed E-state index contributed by atoms with van der Waals surface area (Å²) in [5, 5.41) is 11.1. The monoisotopic (exact) mass is 629 g/mol. The van der Waals surface area contributed by atoms with Crippen molar-refractivity contribution in [3.8, 4) is 0 Å². The number of carbonyl (C=O) groups is 5. The molecule has 2 aliphatic heterocycles. The number of Topliss-reactive ketones (excluding diaryl/α,β-unsaturated/α-hetero) is 1. The Morgan fingerprint density at radius 2 is 1.42 bits per heavy atom. The lowest BCUT2D eigenvalue weighted by Gasteiger charge is -2.28. The second-order valence-corrected chi connectivity index (χ2v) is 13.1. The minimum absolute atomic E-state index is 0.0564. The average Bonchev–Trinajstić information content (AvgIpc) is 3.75. The number of ketones is 1. The lowest BCUT2D eigenvalue weighted by Crippen LogP contribution is -2.56. The van der Waals surface area contributed by atoms with Crippen LogP contribution in [0.2, 0.25) is 0 Å². The number of hydrogen-bond acceptors (Lipinski definition) is 8. The fourth-order valence-electron chi connectivity index (χ4n) is 5.26. The normalized spacial score (nSPS) is 20.2. The Morgan fingerprint density at radius 1 is 0.822 bits per heavy atom. The molecule has 1 aromatic carbocycles. The number of hydrogen-bond donors (Lipinski definition) is 4. The summed E-state index contributed by atoms with van der Waals surface area (Å²) in [4.78, 5) is 67.5. The molecule has 3 rings (SSSR count). The number of nitrogens with one attached hydrogen (secondary N) is 4. The van der Waals surface area contributed by atoms with E-state index < -0.39 is 41.4 Å². The molecule has 0 aliphatic carbocycles. The van der Waals surface area contributed by atoms with Crippen LogP contribution in [-0.4, -0.2) is 104 Å². The zero-order chi connectivity index (χ0) is 33.0. The predicted octanol–water partition coefficient (Wildman–Crippen LogP) is 0.972. The maximum absolute atomic E-state index is 13.6. The fraction of sp³-hybridized carbons (Fsp3) is 0.667. The van der Waals surface area contributed by atoms with Gasteiger partial charge < -0.3 is 30.7 Å². The van der Waals surface area contributed by atoms with Gasteiger partial charge in [0, 0.05) is 13.1 Å². The Balaban J connectivity index is 1.62. The average molecular weight is 630 g/mol. The summed E-state index contributed by atoms with van der Waals surface area (Å²) in [5.41, 5.74) is 0.147. The molecule has 2 fully saturated rings. The van der Waals surface area contributed by atoms with Crippen LogP contribution in [-0.2, 0) is 39.9 Å². The first-order valence-electron chi connectivity index (χ1n) is 16.1. The van der Waals surface area contributed by atoms with E-state index in [1.54, 1.807) is 6.92 Å². The van der Waals surface area contributed by atoms with Gasteiger partial charge in [0.25, 0.3) is 0 Å². The molecule has 0 bridgehead atoms. The van der Waals surface area contributed by atoms with Crippen molar-refractivity contribution in [1.82, 2.24) is 26.2 Å². The van der Waals surface area contributed by atoms with Crippen molar-refractivity contribution in [1.29, 1.82) is 0 Å². The Labute approximate surface area is 266 Å². The standard InChI is InChI=1S/C33H51N5O7/c1-22(2)17-26(30(41)33(5)21-45-33)36-28(39)19-34-31(42)27(18-23(3)4)37-32(43)25(12-11-24-9-7-6-8-10-24)35-29(40)20-38-13-15-44-16-14-38/h6-10,22-23,25-27H,11-21H2,1-5H3,(H,34,42)(H,35,40)(H,36,39)(H,37,43)/t25-,26+,27?,33?/m0/s1. The fourth-order valence-corrected chi connectivity index (χ4v) is 5.26. The number of ether oxygens (including phenoxy) is 2. The molecule has 2 unspecified atom stereocenters. The van der Waals surface area contributed by atoms with Crippen molar-refractivity contribution < 1.29 is 33.4 Å². The number of rotatable bonds is 18. The van der Waals surface area contributed by atoms with E-state index in [2.05, 4.69) is 21.3 Å². The molecule has 45 heavy (non-hydrogen) atoms. The van der Waals surface area contributed by atoms with Gasteiger partial charge in [-0.3, -0.25) is 28.9 Å². The van der Waals surface area contributed by atoms with E-state index in [0.29, 0.717) is 58.6 Å². The molecule has 250 valence electrons. The summed E-state index contributed by atoms with van der Waals surface area (Å²) in [7, 11) is 0. The molecule has 4 atom stereocenters. The summed E-state index contributed by atoms with van der Waals surface area (Å²) in [6.45, 7) is 12.0. The van der Waals surface area contributed by atoms with Gasteiger partial charge >= 0.3 is 0 Å². The zero-order valence-corrected chi connectivity index (χ0v) is 27.4. The van der Waals surface area contributed by atoms with Crippen LogP contribution in [0.5, 0.6) is 0 Å². The van der Waals surface area contributed by atoms with E-state index in [0.717, 1.165) is 5.56 Å². The number of carbonyl (C=O) groups excluding carboxylic acids is 5. The van der Waals surface area contributed by atoms with E-state index in [9.17, 15) is 24.0 Å². The number of benzene rings is 1. The van der Waals surface area contributed by atoms with Crippen LogP contribution in [0.15, 0.2) is 30.3 Å². The van der Waals surface area contributed by atoms with Crippen molar-refractivity contribution in [2.45, 2.75) is 84.0 Å². The van der Waals surface area contributed by atoms with Crippen LogP contribution in [0.1, 0.15) is 59.4 Å². The highest BCUT2D eigenvalue weighted by Gasteiger charge is 2.50. The molecule has 2 saturated heterocycles. The molecule has 0 radical (unpaired) electrons. The van der Waals surface area contributed by atoms with Crippen LogP contribution in [0, 0.1) is 11.8 Å². The Morgan fingerprint density at radius 3 is 2.02 bits per heavy atom.